The zero-order valence-electron chi connectivity index (χ0n) is 21.0. The van der Waals surface area contributed by atoms with Crippen molar-refractivity contribution in [3.8, 4) is 11.4 Å². The van der Waals surface area contributed by atoms with Gasteiger partial charge in [-0.3, -0.25) is 9.69 Å². The molecule has 3 aromatic rings. The fourth-order valence-electron chi connectivity index (χ4n) is 4.12. The van der Waals surface area contributed by atoms with Gasteiger partial charge in [-0.15, -0.1) is 0 Å². The van der Waals surface area contributed by atoms with E-state index in [0.29, 0.717) is 42.5 Å². The number of aldehydes is 1. The molecule has 3 heterocycles. The number of hydrogen-bond acceptors (Lipinski definition) is 6. The Bertz CT molecular complexity index is 1300. The summed E-state index contributed by atoms with van der Waals surface area (Å²) in [5, 5.41) is 0. The molecule has 0 amide bonds. The zero-order valence-corrected chi connectivity index (χ0v) is 21.0. The number of anilines is 1. The number of guanidine groups is 1. The third-order valence-corrected chi connectivity index (χ3v) is 6.35. The van der Waals surface area contributed by atoms with Gasteiger partial charge < -0.3 is 9.47 Å². The molecular formula is C26H29F3N6O. The second-order valence-corrected chi connectivity index (χ2v) is 9.89. The van der Waals surface area contributed by atoms with E-state index >= 15 is 0 Å². The summed E-state index contributed by atoms with van der Waals surface area (Å²) in [4.78, 5) is 29.4. The Morgan fingerprint density at radius 1 is 1.17 bits per heavy atom. The molecule has 1 aliphatic rings. The molecular weight excluding hydrogens is 469 g/mol. The van der Waals surface area contributed by atoms with E-state index in [9.17, 15) is 18.0 Å². The molecule has 190 valence electrons. The van der Waals surface area contributed by atoms with E-state index in [4.69, 9.17) is 4.99 Å². The first-order chi connectivity index (χ1) is 17.0. The summed E-state index contributed by atoms with van der Waals surface area (Å²) in [5.74, 6) is -0.682. The van der Waals surface area contributed by atoms with Gasteiger partial charge in [-0.2, -0.15) is 4.39 Å². The molecule has 7 nitrogen and oxygen atoms in total. The van der Waals surface area contributed by atoms with Crippen LogP contribution in [0.15, 0.2) is 41.5 Å². The van der Waals surface area contributed by atoms with E-state index in [1.165, 1.54) is 30.5 Å². The number of hydrogen-bond donors (Lipinski definition) is 0. The Morgan fingerprint density at radius 2 is 1.92 bits per heavy atom. The predicted molar refractivity (Wildman–Crippen MR) is 133 cm³/mol. The van der Waals surface area contributed by atoms with Gasteiger partial charge in [-0.25, -0.2) is 23.7 Å². The van der Waals surface area contributed by atoms with E-state index in [1.54, 1.807) is 4.57 Å². The molecule has 1 atom stereocenters. The number of rotatable bonds is 6. The highest BCUT2D eigenvalue weighted by Gasteiger charge is 2.38. The van der Waals surface area contributed by atoms with Gasteiger partial charge >= 0.3 is 0 Å². The van der Waals surface area contributed by atoms with E-state index in [-0.39, 0.29) is 29.3 Å². The van der Waals surface area contributed by atoms with Crippen molar-refractivity contribution < 1.29 is 18.0 Å². The van der Waals surface area contributed by atoms with Crippen LogP contribution in [-0.2, 0) is 6.54 Å². The largest absolute Gasteiger partial charge is 0.346 e. The minimum Gasteiger partial charge on any atom is -0.346 e. The summed E-state index contributed by atoms with van der Waals surface area (Å²) in [6.07, 6.45) is 1.95. The molecule has 0 fully saturated rings. The summed E-state index contributed by atoms with van der Waals surface area (Å²) >= 11 is 0. The zero-order chi connectivity index (χ0) is 26.2. The van der Waals surface area contributed by atoms with Gasteiger partial charge in [0.1, 0.15) is 29.0 Å². The third-order valence-electron chi connectivity index (χ3n) is 6.35. The van der Waals surface area contributed by atoms with Crippen molar-refractivity contribution in [3.05, 3.63) is 65.4 Å². The van der Waals surface area contributed by atoms with Crippen LogP contribution in [0.25, 0.3) is 11.4 Å². The molecule has 0 spiro atoms. The third kappa shape index (κ3) is 4.84. The number of imidazole rings is 1. The van der Waals surface area contributed by atoms with Gasteiger partial charge in [0, 0.05) is 37.0 Å². The molecule has 36 heavy (non-hydrogen) atoms. The van der Waals surface area contributed by atoms with Crippen molar-refractivity contribution in [1.82, 2.24) is 19.4 Å². The van der Waals surface area contributed by atoms with Crippen molar-refractivity contribution in [3.63, 3.8) is 0 Å². The molecule has 0 radical (unpaired) electrons. The summed E-state index contributed by atoms with van der Waals surface area (Å²) in [5.41, 5.74) is 0.622. The smallest absolute Gasteiger partial charge is 0.212 e. The average Bonchev–Trinajstić information content (AvgIpc) is 3.42. The fraction of sp³-hybridized carbons (Fsp3) is 0.385. The second-order valence-electron chi connectivity index (χ2n) is 9.89. The molecule has 0 bridgehead atoms. The molecule has 0 saturated heterocycles. The second kappa shape index (κ2) is 9.75. The lowest BCUT2D eigenvalue weighted by Crippen LogP contribution is -2.42. The topological polar surface area (TPSA) is 66.6 Å². The normalized spacial score (nSPS) is 15.8. The van der Waals surface area contributed by atoms with E-state index in [0.717, 1.165) is 6.07 Å². The van der Waals surface area contributed by atoms with Crippen LogP contribution in [0.2, 0.25) is 0 Å². The molecule has 10 heteroatoms. The van der Waals surface area contributed by atoms with Gasteiger partial charge in [0.05, 0.1) is 19.1 Å². The number of halogens is 3. The van der Waals surface area contributed by atoms with Gasteiger partial charge in [-0.05, 0) is 30.5 Å². The van der Waals surface area contributed by atoms with Gasteiger partial charge in [0.2, 0.25) is 11.9 Å². The number of aromatic nitrogens is 3. The standard InChI is InChI=1S/C26H29F3N6O/c1-6-33(5)25-32-21(26(2,3)4)14-35(25)24-20(15-36)31-23(16-8-10-22(29)30-12-16)34(24)13-17-7-9-18(27)11-19(17)28/h7-12,15,21H,6,13-14H2,1-5H3. The quantitative estimate of drug-likeness (QED) is 0.362. The monoisotopic (exact) mass is 498 g/mol. The minimum absolute atomic E-state index is 0.0468. The summed E-state index contributed by atoms with van der Waals surface area (Å²) in [7, 11) is 1.91. The molecule has 2 aromatic heterocycles. The summed E-state index contributed by atoms with van der Waals surface area (Å²) in [6.45, 7) is 9.36. The molecule has 1 aromatic carbocycles. The summed E-state index contributed by atoms with van der Waals surface area (Å²) in [6, 6.07) is 5.96. The first-order valence-corrected chi connectivity index (χ1v) is 11.7. The average molecular weight is 499 g/mol. The van der Waals surface area contributed by atoms with Crippen molar-refractivity contribution >= 4 is 18.1 Å². The molecule has 0 aliphatic carbocycles. The molecule has 1 unspecified atom stereocenters. The van der Waals surface area contributed by atoms with Crippen LogP contribution in [-0.4, -0.2) is 57.9 Å². The first kappa shape index (κ1) is 25.4. The van der Waals surface area contributed by atoms with Crippen molar-refractivity contribution in [1.29, 1.82) is 0 Å². The molecule has 0 saturated carbocycles. The molecule has 0 N–H and O–H groups in total. The van der Waals surface area contributed by atoms with E-state index in [1.807, 2.05) is 23.8 Å². The van der Waals surface area contributed by atoms with Crippen LogP contribution >= 0.6 is 0 Å². The highest BCUT2D eigenvalue weighted by atomic mass is 19.1. The highest BCUT2D eigenvalue weighted by Crippen LogP contribution is 2.35. The Hall–Kier alpha value is -3.69. The number of pyridine rings is 1. The molecule has 1 aliphatic heterocycles. The highest BCUT2D eigenvalue weighted by molar-refractivity contribution is 6.01. The number of aliphatic imine (C=N–C) groups is 1. The SMILES string of the molecule is CCN(C)C1=NC(C(C)(C)C)CN1c1c(C=O)nc(-c2ccc(F)nc2)n1Cc1ccc(F)cc1F. The number of benzene rings is 1. The van der Waals surface area contributed by atoms with Crippen LogP contribution in [0.3, 0.4) is 0 Å². The van der Waals surface area contributed by atoms with Crippen molar-refractivity contribution in [2.75, 3.05) is 25.0 Å². The number of carbonyl (C=O) groups excluding carboxylic acids is 1. The maximum absolute atomic E-state index is 14.7. The lowest BCUT2D eigenvalue weighted by Gasteiger charge is -2.29. The predicted octanol–water partition coefficient (Wildman–Crippen LogP) is 4.77. The Labute approximate surface area is 208 Å². The van der Waals surface area contributed by atoms with E-state index in [2.05, 4.69) is 30.7 Å². The molecule has 4 rings (SSSR count). The number of nitrogens with zero attached hydrogens (tertiary/aromatic N) is 6. The van der Waals surface area contributed by atoms with Crippen LogP contribution in [0.1, 0.15) is 43.7 Å². The Balaban J connectivity index is 1.93. The number of carbonyl (C=O) groups is 1. The van der Waals surface area contributed by atoms with Crippen LogP contribution in [0.4, 0.5) is 19.0 Å². The van der Waals surface area contributed by atoms with Crippen LogP contribution in [0, 0.1) is 23.0 Å². The van der Waals surface area contributed by atoms with Crippen molar-refractivity contribution in [2.24, 2.45) is 10.4 Å². The van der Waals surface area contributed by atoms with Gasteiger partial charge in [0.25, 0.3) is 0 Å². The minimum atomic E-state index is -0.723. The maximum atomic E-state index is 14.7. The van der Waals surface area contributed by atoms with Crippen molar-refractivity contribution in [2.45, 2.75) is 40.3 Å². The lowest BCUT2D eigenvalue weighted by molar-refractivity contribution is 0.112. The summed E-state index contributed by atoms with van der Waals surface area (Å²) < 4.78 is 43.6. The Kier molecular flexibility index (Phi) is 6.88. The lowest BCUT2D eigenvalue weighted by atomic mass is 9.87. The van der Waals surface area contributed by atoms with Gasteiger partial charge in [0.15, 0.2) is 6.29 Å². The fourth-order valence-corrected chi connectivity index (χ4v) is 4.12. The van der Waals surface area contributed by atoms with E-state index < -0.39 is 17.6 Å². The van der Waals surface area contributed by atoms with Crippen LogP contribution < -0.4 is 4.90 Å². The van der Waals surface area contributed by atoms with Gasteiger partial charge in [-0.1, -0.05) is 26.8 Å². The maximum Gasteiger partial charge on any atom is 0.212 e. The Morgan fingerprint density at radius 3 is 2.50 bits per heavy atom. The van der Waals surface area contributed by atoms with Crippen LogP contribution in [0.5, 0.6) is 0 Å². The first-order valence-electron chi connectivity index (χ1n) is 11.7.